The topological polar surface area (TPSA) is 61.4 Å². The van der Waals surface area contributed by atoms with Gasteiger partial charge in [-0.15, -0.1) is 10.2 Å². The van der Waals surface area contributed by atoms with E-state index in [1.807, 2.05) is 38.4 Å². The van der Waals surface area contributed by atoms with Gasteiger partial charge in [0.2, 0.25) is 0 Å². The molecule has 0 radical (unpaired) electrons. The van der Waals surface area contributed by atoms with Gasteiger partial charge in [0.25, 0.3) is 5.91 Å². The van der Waals surface area contributed by atoms with E-state index < -0.39 is 0 Å². The number of hydrogen-bond acceptors (Lipinski definition) is 5. The van der Waals surface area contributed by atoms with Crippen LogP contribution in [0.1, 0.15) is 36.2 Å². The zero-order chi connectivity index (χ0) is 17.6. The standard InChI is InChI=1S/C19H27N5O/c1-23(2)12-8-11-20-19(25)17-15-9-4-5-10-16(15)18(22-21-17)24-13-6-3-7-14-24/h4-5,9-10H,3,6-8,11-14H2,1-2H3,(H,20,25). The van der Waals surface area contributed by atoms with Gasteiger partial charge >= 0.3 is 0 Å². The molecule has 6 nitrogen and oxygen atoms in total. The third-order valence-corrected chi connectivity index (χ3v) is 4.61. The molecule has 1 fully saturated rings. The smallest absolute Gasteiger partial charge is 0.272 e. The number of carbonyl (C=O) groups excluding carboxylic acids is 1. The van der Waals surface area contributed by atoms with E-state index in [-0.39, 0.29) is 5.91 Å². The average molecular weight is 341 g/mol. The van der Waals surface area contributed by atoms with E-state index in [2.05, 4.69) is 25.3 Å². The summed E-state index contributed by atoms with van der Waals surface area (Å²) in [6, 6.07) is 7.95. The number of anilines is 1. The van der Waals surface area contributed by atoms with Crippen LogP contribution in [0.15, 0.2) is 24.3 Å². The number of piperidine rings is 1. The molecule has 2 heterocycles. The van der Waals surface area contributed by atoms with E-state index in [9.17, 15) is 4.79 Å². The number of carbonyl (C=O) groups is 1. The molecule has 1 N–H and O–H groups in total. The van der Waals surface area contributed by atoms with Crippen molar-refractivity contribution in [1.82, 2.24) is 20.4 Å². The molecule has 1 aliphatic rings. The first-order valence-electron chi connectivity index (χ1n) is 9.10. The summed E-state index contributed by atoms with van der Waals surface area (Å²) in [5.41, 5.74) is 0.418. The summed E-state index contributed by atoms with van der Waals surface area (Å²) in [7, 11) is 4.06. The average Bonchev–Trinajstić information content (AvgIpc) is 2.64. The lowest BCUT2D eigenvalue weighted by Crippen LogP contribution is -2.32. The van der Waals surface area contributed by atoms with Gasteiger partial charge in [-0.25, -0.2) is 0 Å². The van der Waals surface area contributed by atoms with Crippen molar-refractivity contribution in [3.8, 4) is 0 Å². The molecule has 2 aromatic rings. The Hall–Kier alpha value is -2.21. The number of amides is 1. The SMILES string of the molecule is CN(C)CCCNC(=O)c1nnc(N2CCCCC2)c2ccccc12. The number of hydrogen-bond donors (Lipinski definition) is 1. The van der Waals surface area contributed by atoms with Crippen molar-refractivity contribution in [3.05, 3.63) is 30.0 Å². The molecule has 25 heavy (non-hydrogen) atoms. The van der Waals surface area contributed by atoms with Crippen molar-refractivity contribution >= 4 is 22.5 Å². The Kier molecular flexibility index (Phi) is 5.81. The fourth-order valence-electron chi connectivity index (χ4n) is 3.28. The highest BCUT2D eigenvalue weighted by Crippen LogP contribution is 2.27. The Bertz CT molecular complexity index is 725. The van der Waals surface area contributed by atoms with E-state index in [1.165, 1.54) is 19.3 Å². The lowest BCUT2D eigenvalue weighted by Gasteiger charge is -2.28. The van der Waals surface area contributed by atoms with Crippen LogP contribution in [-0.2, 0) is 0 Å². The van der Waals surface area contributed by atoms with Crippen LogP contribution in [0.3, 0.4) is 0 Å². The summed E-state index contributed by atoms with van der Waals surface area (Å²) in [6.07, 6.45) is 4.56. The molecule has 1 aromatic carbocycles. The molecule has 0 unspecified atom stereocenters. The molecule has 0 atom stereocenters. The molecule has 1 saturated heterocycles. The van der Waals surface area contributed by atoms with Crippen LogP contribution in [0, 0.1) is 0 Å². The number of nitrogens with one attached hydrogen (secondary N) is 1. The van der Waals surface area contributed by atoms with E-state index in [0.29, 0.717) is 12.2 Å². The van der Waals surface area contributed by atoms with E-state index in [1.54, 1.807) is 0 Å². The van der Waals surface area contributed by atoms with Crippen molar-refractivity contribution in [2.45, 2.75) is 25.7 Å². The van der Waals surface area contributed by atoms with Crippen molar-refractivity contribution < 1.29 is 4.79 Å². The minimum Gasteiger partial charge on any atom is -0.355 e. The Balaban J connectivity index is 1.81. The zero-order valence-electron chi connectivity index (χ0n) is 15.2. The molecule has 0 spiro atoms. The quantitative estimate of drug-likeness (QED) is 0.817. The van der Waals surface area contributed by atoms with Gasteiger partial charge in [-0.2, -0.15) is 0 Å². The maximum Gasteiger partial charge on any atom is 0.272 e. The van der Waals surface area contributed by atoms with Crippen LogP contribution in [0.25, 0.3) is 10.8 Å². The number of aromatic nitrogens is 2. The van der Waals surface area contributed by atoms with Crippen molar-refractivity contribution in [1.29, 1.82) is 0 Å². The molecule has 6 heteroatoms. The Labute approximate surface area is 149 Å². The van der Waals surface area contributed by atoms with Gasteiger partial charge in [-0.3, -0.25) is 4.79 Å². The normalized spacial score (nSPS) is 14.9. The van der Waals surface area contributed by atoms with Gasteiger partial charge in [0.15, 0.2) is 11.5 Å². The molecule has 1 aliphatic heterocycles. The molecular formula is C19H27N5O. The van der Waals surface area contributed by atoms with Crippen molar-refractivity contribution in [3.63, 3.8) is 0 Å². The summed E-state index contributed by atoms with van der Waals surface area (Å²) < 4.78 is 0. The van der Waals surface area contributed by atoms with Crippen molar-refractivity contribution in [2.24, 2.45) is 0 Å². The van der Waals surface area contributed by atoms with Crippen LogP contribution in [0.4, 0.5) is 5.82 Å². The summed E-state index contributed by atoms with van der Waals surface area (Å²) in [4.78, 5) is 16.9. The summed E-state index contributed by atoms with van der Waals surface area (Å²) >= 11 is 0. The molecule has 1 amide bonds. The second-order valence-corrected chi connectivity index (χ2v) is 6.88. The molecular weight excluding hydrogens is 314 g/mol. The van der Waals surface area contributed by atoms with E-state index in [4.69, 9.17) is 0 Å². The number of nitrogens with zero attached hydrogens (tertiary/aromatic N) is 4. The van der Waals surface area contributed by atoms with E-state index in [0.717, 1.165) is 42.6 Å². The first-order valence-corrected chi connectivity index (χ1v) is 9.10. The third-order valence-electron chi connectivity index (χ3n) is 4.61. The Morgan fingerprint density at radius 2 is 1.84 bits per heavy atom. The zero-order valence-corrected chi connectivity index (χ0v) is 15.2. The lowest BCUT2D eigenvalue weighted by molar-refractivity contribution is 0.0948. The minimum absolute atomic E-state index is 0.146. The van der Waals surface area contributed by atoms with E-state index >= 15 is 0 Å². The minimum atomic E-state index is -0.146. The lowest BCUT2D eigenvalue weighted by atomic mass is 10.1. The molecule has 3 rings (SSSR count). The summed E-state index contributed by atoms with van der Waals surface area (Å²) in [5.74, 6) is 0.757. The first kappa shape index (κ1) is 17.6. The predicted octanol–water partition coefficient (Wildman–Crippen LogP) is 2.30. The first-order chi connectivity index (χ1) is 12.2. The second kappa shape index (κ2) is 8.25. The largest absolute Gasteiger partial charge is 0.355 e. The number of rotatable bonds is 6. The highest BCUT2D eigenvalue weighted by atomic mass is 16.1. The van der Waals surface area contributed by atoms with Gasteiger partial charge in [-0.1, -0.05) is 24.3 Å². The highest BCUT2D eigenvalue weighted by Gasteiger charge is 2.19. The molecule has 0 bridgehead atoms. The van der Waals surface area contributed by atoms with Crippen LogP contribution < -0.4 is 10.2 Å². The van der Waals surface area contributed by atoms with Crippen LogP contribution in [-0.4, -0.2) is 61.3 Å². The molecule has 0 aliphatic carbocycles. The monoisotopic (exact) mass is 341 g/mol. The van der Waals surface area contributed by atoms with Gasteiger partial charge in [0.1, 0.15) is 0 Å². The van der Waals surface area contributed by atoms with Crippen molar-refractivity contribution in [2.75, 3.05) is 45.2 Å². The Morgan fingerprint density at radius 3 is 2.56 bits per heavy atom. The fourth-order valence-corrected chi connectivity index (χ4v) is 3.28. The van der Waals surface area contributed by atoms with Gasteiger partial charge < -0.3 is 15.1 Å². The fraction of sp³-hybridized carbons (Fsp3) is 0.526. The van der Waals surface area contributed by atoms with Crippen LogP contribution >= 0.6 is 0 Å². The number of fused-ring (bicyclic) bond motifs is 1. The van der Waals surface area contributed by atoms with Gasteiger partial charge in [0, 0.05) is 30.4 Å². The van der Waals surface area contributed by atoms with Gasteiger partial charge in [0.05, 0.1) is 0 Å². The molecule has 1 aromatic heterocycles. The molecule has 134 valence electrons. The summed E-state index contributed by atoms with van der Waals surface area (Å²) in [6.45, 7) is 3.60. The van der Waals surface area contributed by atoms with Crippen LogP contribution in [0.2, 0.25) is 0 Å². The Morgan fingerprint density at radius 1 is 1.12 bits per heavy atom. The predicted molar refractivity (Wildman–Crippen MR) is 101 cm³/mol. The third kappa shape index (κ3) is 4.25. The highest BCUT2D eigenvalue weighted by molar-refractivity contribution is 6.07. The summed E-state index contributed by atoms with van der Waals surface area (Å²) in [5, 5.41) is 13.6. The van der Waals surface area contributed by atoms with Crippen LogP contribution in [0.5, 0.6) is 0 Å². The maximum absolute atomic E-state index is 12.6. The molecule has 0 saturated carbocycles. The van der Waals surface area contributed by atoms with Gasteiger partial charge in [-0.05, 0) is 46.3 Å². The second-order valence-electron chi connectivity index (χ2n) is 6.88. The number of benzene rings is 1. The maximum atomic E-state index is 12.6.